The van der Waals surface area contributed by atoms with Gasteiger partial charge in [0.05, 0.1) is 24.9 Å². The van der Waals surface area contributed by atoms with E-state index >= 15 is 0 Å². The van der Waals surface area contributed by atoms with Gasteiger partial charge in [-0.05, 0) is 41.8 Å². The van der Waals surface area contributed by atoms with Gasteiger partial charge in [0, 0.05) is 18.2 Å². The highest BCUT2D eigenvalue weighted by molar-refractivity contribution is 6.00. The number of hydrogen-bond donors (Lipinski definition) is 1. The van der Waals surface area contributed by atoms with Crippen LogP contribution in [0.3, 0.4) is 0 Å². The Labute approximate surface area is 157 Å². The van der Waals surface area contributed by atoms with Crippen LogP contribution in [0.25, 0.3) is 11.1 Å². The van der Waals surface area contributed by atoms with E-state index in [2.05, 4.69) is 16.2 Å². The number of benzene rings is 1. The summed E-state index contributed by atoms with van der Waals surface area (Å²) in [7, 11) is 1.46. The number of oxime groups is 1. The normalized spacial score (nSPS) is 17.8. The van der Waals surface area contributed by atoms with Crippen molar-refractivity contribution in [3.63, 3.8) is 0 Å². The second-order valence-corrected chi connectivity index (χ2v) is 6.33. The number of aromatic nitrogens is 1. The molecule has 0 radical (unpaired) electrons. The lowest BCUT2D eigenvalue weighted by molar-refractivity contribution is 0.0680. The quantitative estimate of drug-likeness (QED) is 0.838. The number of nitrogens with zero attached hydrogens (tertiary/aromatic N) is 4. The first-order valence-electron chi connectivity index (χ1n) is 8.56. The maximum atomic E-state index is 12.8. The third kappa shape index (κ3) is 3.66. The van der Waals surface area contributed by atoms with Crippen LogP contribution in [0, 0.1) is 18.3 Å². The van der Waals surface area contributed by atoms with Crippen LogP contribution in [0.2, 0.25) is 0 Å². The Morgan fingerprint density at radius 2 is 2.15 bits per heavy atom. The monoisotopic (exact) mass is 364 g/mol. The number of amides is 1. The molecule has 1 saturated heterocycles. The minimum Gasteiger partial charge on any atom is -0.399 e. The Morgan fingerprint density at radius 1 is 1.41 bits per heavy atom. The van der Waals surface area contributed by atoms with Crippen LogP contribution >= 0.6 is 0 Å². The molecule has 1 amide bonds. The van der Waals surface area contributed by atoms with E-state index in [1.807, 2.05) is 25.1 Å². The van der Waals surface area contributed by atoms with Gasteiger partial charge in [0.25, 0.3) is 5.91 Å². The van der Waals surface area contributed by atoms with Crippen molar-refractivity contribution in [1.82, 2.24) is 9.88 Å². The molecule has 0 unspecified atom stereocenters. The molecule has 1 N–H and O–H groups in total. The summed E-state index contributed by atoms with van der Waals surface area (Å²) in [5.74, 6) is -0.161. The van der Waals surface area contributed by atoms with Gasteiger partial charge in [-0.15, -0.1) is 0 Å². The lowest BCUT2D eigenvalue weighted by Gasteiger charge is -2.22. The maximum Gasteiger partial charge on any atom is 0.254 e. The second kappa shape index (κ2) is 7.98. The molecule has 0 spiro atoms. The molecule has 138 valence electrons. The first-order valence-corrected chi connectivity index (χ1v) is 8.56. The zero-order valence-electron chi connectivity index (χ0n) is 15.2. The predicted octanol–water partition coefficient (Wildman–Crippen LogP) is 2.14. The number of hydrogen-bond acceptors (Lipinski definition) is 6. The molecular weight excluding hydrogens is 344 g/mol. The molecule has 0 saturated carbocycles. The highest BCUT2D eigenvalue weighted by Crippen LogP contribution is 2.26. The number of aliphatic hydroxyl groups is 1. The molecule has 1 fully saturated rings. The Kier molecular flexibility index (Phi) is 5.48. The molecular formula is C20H20N4O3. The highest BCUT2D eigenvalue weighted by Gasteiger charge is 2.33. The summed E-state index contributed by atoms with van der Waals surface area (Å²) < 4.78 is 0. The van der Waals surface area contributed by atoms with Crippen LogP contribution < -0.4 is 0 Å². The zero-order chi connectivity index (χ0) is 19.4. The number of aliphatic hydroxyl groups excluding tert-OH is 1. The van der Waals surface area contributed by atoms with Crippen molar-refractivity contribution in [2.24, 2.45) is 5.16 Å². The van der Waals surface area contributed by atoms with E-state index in [1.54, 1.807) is 23.2 Å². The molecule has 27 heavy (non-hydrogen) atoms. The van der Waals surface area contributed by atoms with E-state index in [9.17, 15) is 9.90 Å². The van der Waals surface area contributed by atoms with Crippen molar-refractivity contribution < 1.29 is 14.7 Å². The van der Waals surface area contributed by atoms with Gasteiger partial charge in [0.2, 0.25) is 0 Å². The Bertz CT molecular complexity index is 916. The molecule has 7 nitrogen and oxygen atoms in total. The molecule has 3 rings (SSSR count). The standard InChI is InChI=1S/C20H20N4O3/c1-13-18(7-8-22-19(13)10-21)14-3-5-15(6-4-14)20(26)24-11-16(23-27-2)9-17(24)12-25/h3-8,17,25H,9,11-12H2,1-2H3/b23-16-/t17-/m0/s1. The van der Waals surface area contributed by atoms with E-state index < -0.39 is 0 Å². The molecule has 0 aliphatic carbocycles. The summed E-state index contributed by atoms with van der Waals surface area (Å²) in [5, 5.41) is 22.6. The lowest BCUT2D eigenvalue weighted by atomic mass is 9.99. The SMILES string of the molecule is CO/N=C1/C[C@@H](CO)N(C(=O)c2ccc(-c3ccnc(C#N)c3C)cc2)C1. The van der Waals surface area contributed by atoms with Gasteiger partial charge in [-0.1, -0.05) is 17.3 Å². The number of carbonyl (C=O) groups is 1. The smallest absolute Gasteiger partial charge is 0.254 e. The molecule has 1 aliphatic heterocycles. The number of nitriles is 1. The Morgan fingerprint density at radius 3 is 2.78 bits per heavy atom. The van der Waals surface area contributed by atoms with E-state index in [1.165, 1.54) is 7.11 Å². The molecule has 1 aromatic heterocycles. The fraction of sp³-hybridized carbons (Fsp3) is 0.300. The number of likely N-dealkylation sites (tertiary alicyclic amines) is 1. The van der Waals surface area contributed by atoms with Crippen molar-refractivity contribution in [3.8, 4) is 17.2 Å². The average Bonchev–Trinajstić information content (AvgIpc) is 3.11. The summed E-state index contributed by atoms with van der Waals surface area (Å²) >= 11 is 0. The number of pyridine rings is 1. The van der Waals surface area contributed by atoms with E-state index in [0.717, 1.165) is 22.4 Å². The van der Waals surface area contributed by atoms with Crippen molar-refractivity contribution in [3.05, 3.63) is 53.3 Å². The van der Waals surface area contributed by atoms with Crippen LogP contribution in [0.1, 0.15) is 28.0 Å². The third-order valence-electron chi connectivity index (χ3n) is 4.71. The fourth-order valence-corrected chi connectivity index (χ4v) is 3.29. The van der Waals surface area contributed by atoms with Gasteiger partial charge in [-0.25, -0.2) is 4.98 Å². The van der Waals surface area contributed by atoms with Crippen molar-refractivity contribution in [2.75, 3.05) is 20.3 Å². The molecule has 7 heteroatoms. The predicted molar refractivity (Wildman–Crippen MR) is 100 cm³/mol. The molecule has 1 atom stereocenters. The van der Waals surface area contributed by atoms with Crippen LogP contribution in [0.4, 0.5) is 0 Å². The zero-order valence-corrected chi connectivity index (χ0v) is 15.2. The topological polar surface area (TPSA) is 98.8 Å². The first kappa shape index (κ1) is 18.5. The van der Waals surface area contributed by atoms with E-state index in [0.29, 0.717) is 24.2 Å². The van der Waals surface area contributed by atoms with Crippen LogP contribution in [-0.2, 0) is 4.84 Å². The van der Waals surface area contributed by atoms with E-state index in [-0.39, 0.29) is 18.6 Å². The summed E-state index contributed by atoms with van der Waals surface area (Å²) in [6.07, 6.45) is 2.11. The lowest BCUT2D eigenvalue weighted by Crippen LogP contribution is -2.37. The molecule has 1 aromatic carbocycles. The fourth-order valence-electron chi connectivity index (χ4n) is 3.29. The largest absolute Gasteiger partial charge is 0.399 e. The number of carbonyl (C=O) groups excluding carboxylic acids is 1. The highest BCUT2D eigenvalue weighted by atomic mass is 16.6. The van der Waals surface area contributed by atoms with Gasteiger partial charge in [-0.2, -0.15) is 5.26 Å². The van der Waals surface area contributed by atoms with Crippen LogP contribution in [0.15, 0.2) is 41.7 Å². The molecule has 1 aliphatic rings. The minimum atomic E-state index is -0.299. The summed E-state index contributed by atoms with van der Waals surface area (Å²) in [5.41, 5.74) is 4.27. The van der Waals surface area contributed by atoms with Crippen LogP contribution in [0.5, 0.6) is 0 Å². The van der Waals surface area contributed by atoms with Gasteiger partial charge in [-0.3, -0.25) is 4.79 Å². The molecule has 0 bridgehead atoms. The van der Waals surface area contributed by atoms with Gasteiger partial charge in [0.15, 0.2) is 0 Å². The Balaban J connectivity index is 1.84. The van der Waals surface area contributed by atoms with Crippen LogP contribution in [-0.4, -0.2) is 52.9 Å². The first-order chi connectivity index (χ1) is 13.1. The van der Waals surface area contributed by atoms with Gasteiger partial charge < -0.3 is 14.8 Å². The number of rotatable bonds is 4. The van der Waals surface area contributed by atoms with Gasteiger partial charge in [0.1, 0.15) is 18.9 Å². The minimum absolute atomic E-state index is 0.125. The summed E-state index contributed by atoms with van der Waals surface area (Å²) in [6.45, 7) is 2.07. The third-order valence-corrected chi connectivity index (χ3v) is 4.71. The maximum absolute atomic E-state index is 12.8. The molecule has 2 heterocycles. The second-order valence-electron chi connectivity index (χ2n) is 6.33. The average molecular weight is 364 g/mol. The van der Waals surface area contributed by atoms with Gasteiger partial charge >= 0.3 is 0 Å². The summed E-state index contributed by atoms with van der Waals surface area (Å²) in [4.78, 5) is 23.3. The van der Waals surface area contributed by atoms with E-state index in [4.69, 9.17) is 10.1 Å². The van der Waals surface area contributed by atoms with Crippen molar-refractivity contribution in [1.29, 1.82) is 5.26 Å². The van der Waals surface area contributed by atoms with Crippen molar-refractivity contribution in [2.45, 2.75) is 19.4 Å². The molecule has 2 aromatic rings. The Hall–Kier alpha value is -3.24. The van der Waals surface area contributed by atoms with Crippen molar-refractivity contribution >= 4 is 11.6 Å². The summed E-state index contributed by atoms with van der Waals surface area (Å²) in [6, 6.07) is 10.8.